The first-order valence-corrected chi connectivity index (χ1v) is 12.2. The molecule has 2 N–H and O–H groups in total. The maximum atomic E-state index is 12.1. The maximum Gasteiger partial charge on any atom is 0.173 e. The molecule has 33 heavy (non-hydrogen) atoms. The van der Waals surface area contributed by atoms with Crippen molar-refractivity contribution in [3.05, 3.63) is 102 Å². The van der Waals surface area contributed by atoms with Crippen LogP contribution in [-0.2, 0) is 11.0 Å². The number of nitrogens with one attached hydrogen (secondary N) is 1. The van der Waals surface area contributed by atoms with Gasteiger partial charge >= 0.3 is 0 Å². The molecule has 4 heteroatoms. The number of likely N-dealkylation sites (tertiary alicyclic amines) is 1. The van der Waals surface area contributed by atoms with E-state index in [9.17, 15) is 5.11 Å². The molecule has 1 heterocycles. The van der Waals surface area contributed by atoms with Crippen LogP contribution in [0.2, 0.25) is 0 Å². The van der Waals surface area contributed by atoms with Gasteiger partial charge in [0, 0.05) is 18.8 Å². The summed E-state index contributed by atoms with van der Waals surface area (Å²) >= 11 is 5.73. The van der Waals surface area contributed by atoms with E-state index in [1.165, 1.54) is 5.56 Å². The van der Waals surface area contributed by atoms with Gasteiger partial charge in [0.25, 0.3) is 0 Å². The summed E-state index contributed by atoms with van der Waals surface area (Å²) in [4.78, 5) is 2.22. The molecule has 0 bridgehead atoms. The second-order valence-corrected chi connectivity index (χ2v) is 10.4. The van der Waals surface area contributed by atoms with E-state index in [-0.39, 0.29) is 11.3 Å². The van der Waals surface area contributed by atoms with Crippen LogP contribution < -0.4 is 5.32 Å². The largest absolute Gasteiger partial charge is 0.380 e. The number of benzene rings is 3. The Bertz CT molecular complexity index is 1010. The monoisotopic (exact) mass is 458 g/mol. The Morgan fingerprint density at radius 2 is 1.27 bits per heavy atom. The summed E-state index contributed by atoms with van der Waals surface area (Å²) in [7, 11) is 0. The van der Waals surface area contributed by atoms with Crippen molar-refractivity contribution >= 4 is 23.0 Å². The predicted octanol–water partition coefficient (Wildman–Crippen LogP) is 6.33. The molecule has 3 nitrogen and oxygen atoms in total. The zero-order chi connectivity index (χ0) is 23.5. The van der Waals surface area contributed by atoms with Crippen molar-refractivity contribution in [2.24, 2.45) is 5.92 Å². The Kier molecular flexibility index (Phi) is 6.87. The van der Waals surface area contributed by atoms with E-state index in [4.69, 9.17) is 12.2 Å². The van der Waals surface area contributed by atoms with E-state index in [0.29, 0.717) is 0 Å². The molecule has 0 aliphatic carbocycles. The third-order valence-electron chi connectivity index (χ3n) is 6.80. The molecule has 172 valence electrons. The fourth-order valence-corrected chi connectivity index (χ4v) is 5.08. The van der Waals surface area contributed by atoms with Gasteiger partial charge in [-0.25, -0.2) is 0 Å². The average Bonchev–Trinajstić information content (AvgIpc) is 2.84. The van der Waals surface area contributed by atoms with Gasteiger partial charge in [0.15, 0.2) is 5.11 Å². The van der Waals surface area contributed by atoms with Crippen molar-refractivity contribution in [3.63, 3.8) is 0 Å². The van der Waals surface area contributed by atoms with Gasteiger partial charge < -0.3 is 15.3 Å². The minimum absolute atomic E-state index is 0.118. The number of rotatable bonds is 4. The van der Waals surface area contributed by atoms with Gasteiger partial charge in [0.05, 0.1) is 0 Å². The highest BCUT2D eigenvalue weighted by Crippen LogP contribution is 2.42. The molecule has 4 rings (SSSR count). The van der Waals surface area contributed by atoms with Gasteiger partial charge in [0.2, 0.25) is 0 Å². The number of hydrogen-bond donors (Lipinski definition) is 2. The summed E-state index contributed by atoms with van der Waals surface area (Å²) in [6, 6.07) is 28.7. The highest BCUT2D eigenvalue weighted by Gasteiger charge is 2.41. The predicted molar refractivity (Wildman–Crippen MR) is 142 cm³/mol. The Labute approximate surface area is 203 Å². The van der Waals surface area contributed by atoms with Crippen LogP contribution in [0.4, 0.5) is 5.69 Å². The molecule has 0 spiro atoms. The standard InChI is InChI=1S/C29H34N2OS/c1-28(2,3)22-14-16-26(17-15-22)30-27(33)31-20-18-25(19-21-31)29(32,23-10-6-4-7-11-23)24-12-8-5-9-13-24/h4-17,25,32H,18-21H2,1-3H3,(H,30,33). The van der Waals surface area contributed by atoms with Crippen LogP contribution in [0.5, 0.6) is 0 Å². The van der Waals surface area contributed by atoms with Crippen LogP contribution in [0.3, 0.4) is 0 Å². The number of piperidine rings is 1. The summed E-state index contributed by atoms with van der Waals surface area (Å²) in [5.41, 5.74) is 3.35. The smallest absolute Gasteiger partial charge is 0.173 e. The van der Waals surface area contributed by atoms with Crippen molar-refractivity contribution in [1.29, 1.82) is 0 Å². The fraction of sp³-hybridized carbons (Fsp3) is 0.345. The normalized spacial score (nSPS) is 15.3. The second kappa shape index (κ2) is 9.66. The molecular weight excluding hydrogens is 424 g/mol. The molecule has 0 saturated carbocycles. The summed E-state index contributed by atoms with van der Waals surface area (Å²) < 4.78 is 0. The molecule has 0 amide bonds. The molecule has 0 unspecified atom stereocenters. The van der Waals surface area contributed by atoms with Gasteiger partial charge in [-0.3, -0.25) is 0 Å². The Morgan fingerprint density at radius 1 is 0.788 bits per heavy atom. The molecule has 0 atom stereocenters. The topological polar surface area (TPSA) is 35.5 Å². The molecule has 0 aromatic heterocycles. The fourth-order valence-electron chi connectivity index (χ4n) is 4.78. The van der Waals surface area contributed by atoms with Crippen molar-refractivity contribution in [2.45, 2.75) is 44.6 Å². The Morgan fingerprint density at radius 3 is 1.73 bits per heavy atom. The Hall–Kier alpha value is -2.69. The number of aliphatic hydroxyl groups is 1. The lowest BCUT2D eigenvalue weighted by Gasteiger charge is -2.43. The lowest BCUT2D eigenvalue weighted by Crippen LogP contribution is -2.47. The Balaban J connectivity index is 1.45. The van der Waals surface area contributed by atoms with Gasteiger partial charge in [0.1, 0.15) is 5.60 Å². The van der Waals surface area contributed by atoms with Gasteiger partial charge in [-0.1, -0.05) is 93.6 Å². The van der Waals surface area contributed by atoms with Crippen LogP contribution in [0.15, 0.2) is 84.9 Å². The van der Waals surface area contributed by atoms with Crippen LogP contribution >= 0.6 is 12.2 Å². The van der Waals surface area contributed by atoms with E-state index in [0.717, 1.165) is 47.9 Å². The molecule has 1 fully saturated rings. The molecule has 1 aliphatic rings. The molecule has 1 aliphatic heterocycles. The first-order valence-electron chi connectivity index (χ1n) is 11.8. The quantitative estimate of drug-likeness (QED) is 0.448. The zero-order valence-electron chi connectivity index (χ0n) is 19.8. The molecule has 0 radical (unpaired) electrons. The number of thiocarbonyl (C=S) groups is 1. The third-order valence-corrected chi connectivity index (χ3v) is 7.16. The highest BCUT2D eigenvalue weighted by atomic mass is 32.1. The number of anilines is 1. The van der Waals surface area contributed by atoms with E-state index in [2.05, 4.69) is 55.3 Å². The van der Waals surface area contributed by atoms with Gasteiger partial charge in [-0.2, -0.15) is 0 Å². The first kappa shape index (κ1) is 23.5. The first-order chi connectivity index (χ1) is 15.8. The SMILES string of the molecule is CC(C)(C)c1ccc(NC(=S)N2CCC(C(O)(c3ccccc3)c3ccccc3)CC2)cc1. The summed E-state index contributed by atoms with van der Waals surface area (Å²) in [6.45, 7) is 8.29. The molecule has 1 saturated heterocycles. The van der Waals surface area contributed by atoms with E-state index >= 15 is 0 Å². The number of hydrogen-bond acceptors (Lipinski definition) is 2. The lowest BCUT2D eigenvalue weighted by atomic mass is 9.72. The minimum atomic E-state index is -1.01. The van der Waals surface area contributed by atoms with Crippen LogP contribution in [0.1, 0.15) is 50.3 Å². The zero-order valence-corrected chi connectivity index (χ0v) is 20.6. The maximum absolute atomic E-state index is 12.1. The molecule has 3 aromatic carbocycles. The van der Waals surface area contributed by atoms with Crippen LogP contribution in [-0.4, -0.2) is 28.2 Å². The van der Waals surface area contributed by atoms with Crippen molar-refractivity contribution < 1.29 is 5.11 Å². The molecule has 3 aromatic rings. The van der Waals surface area contributed by atoms with E-state index in [1.54, 1.807) is 0 Å². The van der Waals surface area contributed by atoms with Gasteiger partial charge in [-0.15, -0.1) is 0 Å². The highest BCUT2D eigenvalue weighted by molar-refractivity contribution is 7.80. The minimum Gasteiger partial charge on any atom is -0.380 e. The number of nitrogens with zero attached hydrogens (tertiary/aromatic N) is 1. The van der Waals surface area contributed by atoms with Gasteiger partial charge in [-0.05, 0) is 65.2 Å². The van der Waals surface area contributed by atoms with Crippen LogP contribution in [0, 0.1) is 5.92 Å². The van der Waals surface area contributed by atoms with Crippen molar-refractivity contribution in [2.75, 3.05) is 18.4 Å². The third kappa shape index (κ3) is 5.13. The second-order valence-electron chi connectivity index (χ2n) is 10.0. The van der Waals surface area contributed by atoms with E-state index < -0.39 is 5.60 Å². The van der Waals surface area contributed by atoms with Crippen molar-refractivity contribution in [3.8, 4) is 0 Å². The lowest BCUT2D eigenvalue weighted by molar-refractivity contribution is -0.00631. The summed E-state index contributed by atoms with van der Waals surface area (Å²) in [6.07, 6.45) is 1.73. The summed E-state index contributed by atoms with van der Waals surface area (Å²) in [5, 5.41) is 16.2. The molecular formula is C29H34N2OS. The average molecular weight is 459 g/mol. The van der Waals surface area contributed by atoms with Crippen molar-refractivity contribution in [1.82, 2.24) is 4.90 Å². The summed E-state index contributed by atoms with van der Waals surface area (Å²) in [5.74, 6) is 0.118. The van der Waals surface area contributed by atoms with Crippen LogP contribution in [0.25, 0.3) is 0 Å². The van der Waals surface area contributed by atoms with E-state index in [1.807, 2.05) is 60.7 Å².